The molecule has 0 spiro atoms. The second-order valence-electron chi connectivity index (χ2n) is 6.31. The van der Waals surface area contributed by atoms with Gasteiger partial charge in [0.1, 0.15) is 0 Å². The van der Waals surface area contributed by atoms with E-state index in [0.717, 1.165) is 37.2 Å². The van der Waals surface area contributed by atoms with Crippen LogP contribution in [0.15, 0.2) is 17.8 Å². The van der Waals surface area contributed by atoms with Crippen molar-refractivity contribution in [3.8, 4) is 0 Å². The van der Waals surface area contributed by atoms with Gasteiger partial charge in [-0.05, 0) is 25.7 Å². The molecule has 1 saturated heterocycles. The Morgan fingerprint density at radius 2 is 2.45 bits per heavy atom. The van der Waals surface area contributed by atoms with Gasteiger partial charge in [-0.2, -0.15) is 0 Å². The molecule has 0 aromatic carbocycles. The number of thiazole rings is 1. The zero-order valence-electron chi connectivity index (χ0n) is 11.7. The van der Waals surface area contributed by atoms with Gasteiger partial charge in [-0.15, -0.1) is 11.3 Å². The minimum atomic E-state index is 0.241. The lowest BCUT2D eigenvalue weighted by molar-refractivity contribution is -0.00777. The van der Waals surface area contributed by atoms with Crippen LogP contribution in [0, 0.1) is 5.41 Å². The molecule has 1 saturated carbocycles. The van der Waals surface area contributed by atoms with Crippen molar-refractivity contribution in [1.29, 1.82) is 0 Å². The molecule has 5 heteroatoms. The van der Waals surface area contributed by atoms with Crippen LogP contribution < -0.4 is 5.32 Å². The maximum absolute atomic E-state index is 5.79. The predicted molar refractivity (Wildman–Crippen MR) is 80.3 cm³/mol. The molecule has 1 atom stereocenters. The first-order chi connectivity index (χ1) is 9.83. The number of hydrogen-bond acceptors (Lipinski definition) is 4. The molecule has 1 aliphatic carbocycles. The van der Waals surface area contributed by atoms with Crippen LogP contribution in [0.4, 0.5) is 0 Å². The molecule has 1 aliphatic heterocycles. The molecule has 108 valence electrons. The van der Waals surface area contributed by atoms with Gasteiger partial charge in [-0.1, -0.05) is 0 Å². The summed E-state index contributed by atoms with van der Waals surface area (Å²) >= 11 is 1.70. The summed E-state index contributed by atoms with van der Waals surface area (Å²) in [5.41, 5.74) is 1.45. The number of imidazole rings is 1. The molecule has 4 rings (SSSR count). The highest BCUT2D eigenvalue weighted by molar-refractivity contribution is 7.15. The van der Waals surface area contributed by atoms with E-state index in [9.17, 15) is 0 Å². The van der Waals surface area contributed by atoms with Gasteiger partial charge < -0.3 is 10.1 Å². The van der Waals surface area contributed by atoms with Crippen molar-refractivity contribution in [1.82, 2.24) is 14.7 Å². The van der Waals surface area contributed by atoms with Gasteiger partial charge in [0.15, 0.2) is 4.96 Å². The Hall–Kier alpha value is -0.910. The summed E-state index contributed by atoms with van der Waals surface area (Å²) in [5, 5.41) is 5.79. The van der Waals surface area contributed by atoms with Gasteiger partial charge in [-0.3, -0.25) is 4.40 Å². The van der Waals surface area contributed by atoms with Crippen molar-refractivity contribution in [2.24, 2.45) is 5.41 Å². The van der Waals surface area contributed by atoms with E-state index in [-0.39, 0.29) is 5.41 Å². The van der Waals surface area contributed by atoms with Crippen LogP contribution in [-0.2, 0) is 11.2 Å². The molecule has 0 radical (unpaired) electrons. The van der Waals surface area contributed by atoms with Crippen LogP contribution in [0.5, 0.6) is 0 Å². The number of nitrogens with zero attached hydrogens (tertiary/aromatic N) is 2. The molecule has 4 nitrogen and oxygen atoms in total. The maximum Gasteiger partial charge on any atom is 0.193 e. The third-order valence-corrected chi connectivity index (χ3v) is 5.22. The fourth-order valence-electron chi connectivity index (χ4n) is 3.15. The Labute approximate surface area is 123 Å². The van der Waals surface area contributed by atoms with Crippen molar-refractivity contribution in [3.63, 3.8) is 0 Å². The van der Waals surface area contributed by atoms with E-state index >= 15 is 0 Å². The highest BCUT2D eigenvalue weighted by atomic mass is 32.1. The van der Waals surface area contributed by atoms with Crippen molar-refractivity contribution < 1.29 is 4.74 Å². The molecule has 2 fully saturated rings. The fraction of sp³-hybridized carbons (Fsp3) is 0.667. The largest absolute Gasteiger partial charge is 0.381 e. The Morgan fingerprint density at radius 1 is 1.50 bits per heavy atom. The Balaban J connectivity index is 1.51. The van der Waals surface area contributed by atoms with Crippen LogP contribution in [0.25, 0.3) is 4.96 Å². The van der Waals surface area contributed by atoms with Gasteiger partial charge in [-0.25, -0.2) is 4.98 Å². The van der Waals surface area contributed by atoms with Gasteiger partial charge >= 0.3 is 0 Å². The second kappa shape index (κ2) is 5.13. The smallest absolute Gasteiger partial charge is 0.193 e. The third kappa shape index (κ3) is 2.62. The molecule has 20 heavy (non-hydrogen) atoms. The van der Waals surface area contributed by atoms with Crippen LogP contribution >= 0.6 is 11.3 Å². The van der Waals surface area contributed by atoms with E-state index in [1.165, 1.54) is 31.4 Å². The minimum absolute atomic E-state index is 0.241. The first-order valence-corrected chi connectivity index (χ1v) is 8.43. The summed E-state index contributed by atoms with van der Waals surface area (Å²) in [5.74, 6) is 0. The van der Waals surface area contributed by atoms with Gasteiger partial charge in [0.25, 0.3) is 0 Å². The first-order valence-electron chi connectivity index (χ1n) is 7.55. The molecule has 1 N–H and O–H groups in total. The standard InChI is InChI=1S/C15H21N3OS/c1-4-15(11-19-6-1,10-16-12-2-3-12)8-13-9-18-5-7-20-14(18)17-13/h5,7,9,12,16H,1-4,6,8,10-11H2. The van der Waals surface area contributed by atoms with Gasteiger partial charge in [0, 0.05) is 48.8 Å². The SMILES string of the molecule is c1cn2cc(CC3(CNC4CC4)CCCOC3)nc2s1. The maximum atomic E-state index is 5.79. The molecule has 3 heterocycles. The van der Waals surface area contributed by atoms with Crippen molar-refractivity contribution in [2.45, 2.75) is 38.1 Å². The Morgan fingerprint density at radius 3 is 3.20 bits per heavy atom. The number of ether oxygens (including phenoxy) is 1. The first kappa shape index (κ1) is 12.8. The summed E-state index contributed by atoms with van der Waals surface area (Å²) in [7, 11) is 0. The summed E-state index contributed by atoms with van der Waals surface area (Å²) in [4.78, 5) is 5.85. The van der Waals surface area contributed by atoms with E-state index in [0.29, 0.717) is 0 Å². The van der Waals surface area contributed by atoms with Crippen LogP contribution in [0.2, 0.25) is 0 Å². The Kier molecular flexibility index (Phi) is 3.28. The predicted octanol–water partition coefficient (Wildman–Crippen LogP) is 2.49. The monoisotopic (exact) mass is 291 g/mol. The molecule has 2 aliphatic rings. The van der Waals surface area contributed by atoms with E-state index in [2.05, 4.69) is 27.5 Å². The van der Waals surface area contributed by atoms with Crippen LogP contribution in [0.1, 0.15) is 31.4 Å². The van der Waals surface area contributed by atoms with Gasteiger partial charge in [0.05, 0.1) is 12.3 Å². The van der Waals surface area contributed by atoms with Crippen LogP contribution in [-0.4, -0.2) is 35.2 Å². The average molecular weight is 291 g/mol. The lowest BCUT2D eigenvalue weighted by Gasteiger charge is -2.37. The zero-order chi connectivity index (χ0) is 13.4. The van der Waals surface area contributed by atoms with Crippen molar-refractivity contribution in [3.05, 3.63) is 23.5 Å². The quantitative estimate of drug-likeness (QED) is 0.920. The number of rotatable bonds is 5. The second-order valence-corrected chi connectivity index (χ2v) is 7.19. The molecule has 2 aromatic rings. The van der Waals surface area contributed by atoms with Crippen LogP contribution in [0.3, 0.4) is 0 Å². The molecular weight excluding hydrogens is 270 g/mol. The summed E-state index contributed by atoms with van der Waals surface area (Å²) < 4.78 is 7.92. The summed E-state index contributed by atoms with van der Waals surface area (Å²) in [6.45, 7) is 2.87. The lowest BCUT2D eigenvalue weighted by atomic mass is 9.78. The lowest BCUT2D eigenvalue weighted by Crippen LogP contribution is -2.43. The minimum Gasteiger partial charge on any atom is -0.381 e. The highest BCUT2D eigenvalue weighted by Gasteiger charge is 2.35. The van der Waals surface area contributed by atoms with E-state index in [4.69, 9.17) is 9.72 Å². The molecule has 1 unspecified atom stereocenters. The molecule has 2 aromatic heterocycles. The molecular formula is C15H21N3OS. The van der Waals surface area contributed by atoms with E-state index in [1.807, 2.05) is 0 Å². The fourth-order valence-corrected chi connectivity index (χ4v) is 3.86. The van der Waals surface area contributed by atoms with Crippen molar-refractivity contribution in [2.75, 3.05) is 19.8 Å². The number of nitrogens with one attached hydrogen (secondary N) is 1. The number of hydrogen-bond donors (Lipinski definition) is 1. The normalized spacial score (nSPS) is 27.2. The highest BCUT2D eigenvalue weighted by Crippen LogP contribution is 2.33. The third-order valence-electron chi connectivity index (χ3n) is 4.45. The summed E-state index contributed by atoms with van der Waals surface area (Å²) in [6.07, 6.45) is 10.4. The molecule has 0 amide bonds. The van der Waals surface area contributed by atoms with Crippen molar-refractivity contribution >= 4 is 16.3 Å². The average Bonchev–Trinajstić information content (AvgIpc) is 3.07. The topological polar surface area (TPSA) is 38.6 Å². The summed E-state index contributed by atoms with van der Waals surface area (Å²) in [6, 6.07) is 0.763. The van der Waals surface area contributed by atoms with E-state index < -0.39 is 0 Å². The van der Waals surface area contributed by atoms with E-state index in [1.54, 1.807) is 11.3 Å². The number of fused-ring (bicyclic) bond motifs is 1. The Bertz CT molecular complexity index is 552. The number of aromatic nitrogens is 2. The zero-order valence-corrected chi connectivity index (χ0v) is 12.5. The van der Waals surface area contributed by atoms with Gasteiger partial charge in [0.2, 0.25) is 0 Å². The molecule has 0 bridgehead atoms.